The third-order valence-electron chi connectivity index (χ3n) is 3.26. The van der Waals surface area contributed by atoms with Crippen LogP contribution in [0.1, 0.15) is 17.3 Å². The van der Waals surface area contributed by atoms with E-state index in [1.807, 2.05) is 16.3 Å². The normalized spacial score (nSPS) is 23.5. The predicted octanol–water partition coefficient (Wildman–Crippen LogP) is 3.39. The summed E-state index contributed by atoms with van der Waals surface area (Å²) in [5.74, 6) is -1.21. The van der Waals surface area contributed by atoms with Crippen molar-refractivity contribution in [3.63, 3.8) is 0 Å². The summed E-state index contributed by atoms with van der Waals surface area (Å²) in [6, 6.07) is 1.83. The zero-order chi connectivity index (χ0) is 13.3. The van der Waals surface area contributed by atoms with E-state index in [2.05, 4.69) is 15.9 Å². The molecular weight excluding hydrogens is 329 g/mol. The minimum absolute atomic E-state index is 0.0564. The molecule has 1 saturated heterocycles. The molecular formula is C11H14BrF3N2S. The Bertz CT molecular complexity index is 407. The molecule has 0 aliphatic carbocycles. The van der Waals surface area contributed by atoms with Crippen LogP contribution >= 0.6 is 27.3 Å². The van der Waals surface area contributed by atoms with Crippen molar-refractivity contribution in [3.8, 4) is 0 Å². The second-order valence-electron chi connectivity index (χ2n) is 4.44. The third-order valence-corrected chi connectivity index (χ3v) is 5.06. The van der Waals surface area contributed by atoms with Crippen LogP contribution in [0.3, 0.4) is 0 Å². The summed E-state index contributed by atoms with van der Waals surface area (Å²) in [6.07, 6.45) is -3.92. The van der Waals surface area contributed by atoms with Gasteiger partial charge in [0, 0.05) is 27.8 Å². The zero-order valence-corrected chi connectivity index (χ0v) is 12.0. The molecule has 0 aromatic carbocycles. The molecule has 7 heteroatoms. The average Bonchev–Trinajstić information content (AvgIpc) is 2.88. The Morgan fingerprint density at radius 1 is 1.56 bits per heavy atom. The molecule has 102 valence electrons. The summed E-state index contributed by atoms with van der Waals surface area (Å²) in [4.78, 5) is 2.86. The van der Waals surface area contributed by atoms with Crippen molar-refractivity contribution in [2.45, 2.75) is 18.6 Å². The minimum Gasteiger partial charge on any atom is -0.329 e. The molecule has 0 spiro atoms. The summed E-state index contributed by atoms with van der Waals surface area (Å²) >= 11 is 4.88. The Morgan fingerprint density at radius 3 is 2.72 bits per heavy atom. The number of hydrogen-bond acceptors (Lipinski definition) is 3. The van der Waals surface area contributed by atoms with Crippen LogP contribution < -0.4 is 5.73 Å². The van der Waals surface area contributed by atoms with Crippen molar-refractivity contribution in [1.82, 2.24) is 4.90 Å². The Morgan fingerprint density at radius 2 is 2.28 bits per heavy atom. The molecule has 2 heterocycles. The third kappa shape index (κ3) is 3.07. The van der Waals surface area contributed by atoms with Gasteiger partial charge in [-0.05, 0) is 35.0 Å². The molecule has 2 N–H and O–H groups in total. The summed E-state index contributed by atoms with van der Waals surface area (Å²) in [5.41, 5.74) is 5.72. The van der Waals surface area contributed by atoms with Crippen LogP contribution in [0.15, 0.2) is 15.9 Å². The fourth-order valence-electron chi connectivity index (χ4n) is 2.29. The number of rotatable bonds is 3. The quantitative estimate of drug-likeness (QED) is 0.912. The van der Waals surface area contributed by atoms with E-state index in [1.54, 1.807) is 0 Å². The lowest BCUT2D eigenvalue weighted by Crippen LogP contribution is -2.33. The van der Waals surface area contributed by atoms with Crippen LogP contribution in [0, 0.1) is 5.92 Å². The van der Waals surface area contributed by atoms with E-state index >= 15 is 0 Å². The Hall–Kier alpha value is -0.110. The van der Waals surface area contributed by atoms with E-state index in [0.29, 0.717) is 13.1 Å². The smallest absolute Gasteiger partial charge is 0.329 e. The van der Waals surface area contributed by atoms with Gasteiger partial charge in [0.15, 0.2) is 0 Å². The van der Waals surface area contributed by atoms with Gasteiger partial charge in [0.1, 0.15) is 0 Å². The van der Waals surface area contributed by atoms with Crippen LogP contribution in [0.2, 0.25) is 0 Å². The fraction of sp³-hybridized carbons (Fsp3) is 0.636. The lowest BCUT2D eigenvalue weighted by atomic mass is 10.1. The molecule has 1 fully saturated rings. The largest absolute Gasteiger partial charge is 0.393 e. The first-order chi connectivity index (χ1) is 8.41. The number of nitrogens with two attached hydrogens (primary N) is 1. The summed E-state index contributed by atoms with van der Waals surface area (Å²) in [7, 11) is 0. The highest BCUT2D eigenvalue weighted by Crippen LogP contribution is 2.38. The Kier molecular flexibility index (Phi) is 4.36. The molecule has 2 nitrogen and oxygen atoms in total. The number of hydrogen-bond donors (Lipinski definition) is 1. The first-order valence-electron chi connectivity index (χ1n) is 5.66. The van der Waals surface area contributed by atoms with Gasteiger partial charge in [0.05, 0.1) is 12.0 Å². The Balaban J connectivity index is 2.07. The molecule has 2 rings (SSSR count). The van der Waals surface area contributed by atoms with Crippen LogP contribution in [0.25, 0.3) is 0 Å². The molecule has 18 heavy (non-hydrogen) atoms. The van der Waals surface area contributed by atoms with E-state index in [0.717, 1.165) is 9.35 Å². The van der Waals surface area contributed by atoms with Gasteiger partial charge < -0.3 is 5.73 Å². The first-order valence-corrected chi connectivity index (χ1v) is 7.34. The summed E-state index contributed by atoms with van der Waals surface area (Å²) < 4.78 is 38.9. The molecule has 1 aliphatic rings. The van der Waals surface area contributed by atoms with Crippen molar-refractivity contribution in [3.05, 3.63) is 20.8 Å². The maximum atomic E-state index is 12.6. The molecule has 1 aromatic heterocycles. The van der Waals surface area contributed by atoms with Crippen LogP contribution in [0.4, 0.5) is 13.2 Å². The topological polar surface area (TPSA) is 29.3 Å². The van der Waals surface area contributed by atoms with Gasteiger partial charge in [-0.15, -0.1) is 11.3 Å². The molecule has 2 unspecified atom stereocenters. The summed E-state index contributed by atoms with van der Waals surface area (Å²) in [6.45, 7) is 0.861. The van der Waals surface area contributed by atoms with Gasteiger partial charge in [0.25, 0.3) is 0 Å². The molecule has 1 aliphatic heterocycles. The summed E-state index contributed by atoms with van der Waals surface area (Å²) in [5, 5.41) is 1.93. The highest BCUT2D eigenvalue weighted by atomic mass is 79.9. The molecule has 0 amide bonds. The standard InChI is InChI=1S/C11H14BrF3N2S/c12-8-3-10(18-6-8)9(4-16)17-2-1-7(5-17)11(13,14)15/h3,6-7,9H,1-2,4-5,16H2. The average molecular weight is 343 g/mol. The molecule has 1 aromatic rings. The van der Waals surface area contributed by atoms with Gasteiger partial charge in [-0.2, -0.15) is 13.2 Å². The highest BCUT2D eigenvalue weighted by Gasteiger charge is 2.44. The van der Waals surface area contributed by atoms with E-state index < -0.39 is 12.1 Å². The van der Waals surface area contributed by atoms with Crippen molar-refractivity contribution in [2.24, 2.45) is 11.7 Å². The van der Waals surface area contributed by atoms with E-state index in [9.17, 15) is 13.2 Å². The minimum atomic E-state index is -4.09. The van der Waals surface area contributed by atoms with Gasteiger partial charge in [-0.25, -0.2) is 0 Å². The SMILES string of the molecule is NCC(c1cc(Br)cs1)N1CCC(C(F)(F)F)C1. The van der Waals surface area contributed by atoms with Crippen molar-refractivity contribution >= 4 is 27.3 Å². The molecule has 0 radical (unpaired) electrons. The Labute approximate surface area is 116 Å². The number of alkyl halides is 3. The van der Waals surface area contributed by atoms with Gasteiger partial charge >= 0.3 is 6.18 Å². The van der Waals surface area contributed by atoms with Gasteiger partial charge in [0.2, 0.25) is 0 Å². The van der Waals surface area contributed by atoms with Crippen LogP contribution in [0.5, 0.6) is 0 Å². The van der Waals surface area contributed by atoms with Gasteiger partial charge in [-0.3, -0.25) is 4.90 Å². The predicted molar refractivity (Wildman–Crippen MR) is 69.5 cm³/mol. The second-order valence-corrected chi connectivity index (χ2v) is 6.30. The molecule has 0 bridgehead atoms. The monoisotopic (exact) mass is 342 g/mol. The fourth-order valence-corrected chi connectivity index (χ4v) is 3.88. The molecule has 0 saturated carbocycles. The zero-order valence-electron chi connectivity index (χ0n) is 9.58. The van der Waals surface area contributed by atoms with Gasteiger partial charge in [-0.1, -0.05) is 0 Å². The van der Waals surface area contributed by atoms with Crippen molar-refractivity contribution in [1.29, 1.82) is 0 Å². The lowest BCUT2D eigenvalue weighted by molar-refractivity contribution is -0.170. The van der Waals surface area contributed by atoms with E-state index in [4.69, 9.17) is 5.73 Å². The van der Waals surface area contributed by atoms with Crippen LogP contribution in [-0.2, 0) is 0 Å². The number of nitrogens with zero attached hydrogens (tertiary/aromatic N) is 1. The lowest BCUT2D eigenvalue weighted by Gasteiger charge is -2.26. The highest BCUT2D eigenvalue weighted by molar-refractivity contribution is 9.10. The van der Waals surface area contributed by atoms with E-state index in [-0.39, 0.29) is 19.0 Å². The second kappa shape index (κ2) is 5.48. The van der Waals surface area contributed by atoms with Crippen LogP contribution in [-0.4, -0.2) is 30.7 Å². The van der Waals surface area contributed by atoms with Crippen molar-refractivity contribution in [2.75, 3.05) is 19.6 Å². The maximum Gasteiger partial charge on any atom is 0.393 e. The number of likely N-dealkylation sites (tertiary alicyclic amines) is 1. The van der Waals surface area contributed by atoms with Crippen molar-refractivity contribution < 1.29 is 13.2 Å². The molecule has 2 atom stereocenters. The first kappa shape index (κ1) is 14.3. The maximum absolute atomic E-state index is 12.6. The van der Waals surface area contributed by atoms with E-state index in [1.165, 1.54) is 11.3 Å². The number of thiophene rings is 1. The number of halogens is 4.